The Balaban J connectivity index is 1.70. The number of aromatic nitrogens is 2. The Morgan fingerprint density at radius 3 is 2.71 bits per heavy atom. The highest BCUT2D eigenvalue weighted by Gasteiger charge is 2.04. The lowest BCUT2D eigenvalue weighted by molar-refractivity contribution is 0.687. The van der Waals surface area contributed by atoms with Gasteiger partial charge in [0, 0.05) is 34.4 Å². The zero-order valence-corrected chi connectivity index (χ0v) is 12.9. The highest BCUT2D eigenvalue weighted by molar-refractivity contribution is 7.12. The lowest BCUT2D eigenvalue weighted by Gasteiger charge is -2.11. The summed E-state index contributed by atoms with van der Waals surface area (Å²) in [5.41, 5.74) is 2.44. The number of aryl methyl sites for hydroxylation is 1. The summed E-state index contributed by atoms with van der Waals surface area (Å²) in [6, 6.07) is 14.8. The predicted molar refractivity (Wildman–Crippen MR) is 88.8 cm³/mol. The van der Waals surface area contributed by atoms with Crippen LogP contribution >= 0.6 is 11.3 Å². The van der Waals surface area contributed by atoms with Crippen molar-refractivity contribution in [1.82, 2.24) is 9.78 Å². The number of benzene rings is 1. The molecule has 0 atom stereocenters. The molecule has 2 heterocycles. The Morgan fingerprint density at radius 2 is 1.95 bits per heavy atom. The summed E-state index contributed by atoms with van der Waals surface area (Å²) in [4.78, 5) is 2.82. The van der Waals surface area contributed by atoms with Crippen LogP contribution in [0.3, 0.4) is 0 Å². The third-order valence-electron chi connectivity index (χ3n) is 3.43. The molecule has 0 amide bonds. The van der Waals surface area contributed by atoms with Crippen molar-refractivity contribution in [2.24, 2.45) is 0 Å². The van der Waals surface area contributed by atoms with Crippen molar-refractivity contribution in [3.05, 3.63) is 70.2 Å². The third-order valence-corrected chi connectivity index (χ3v) is 4.66. The molecular formula is C17H19N3S. The molecule has 0 aliphatic rings. The van der Waals surface area contributed by atoms with E-state index >= 15 is 0 Å². The SMILES string of the molecule is CCc1ccc(CNc2ccccc2Cn2cccn2)s1. The van der Waals surface area contributed by atoms with E-state index in [2.05, 4.69) is 53.7 Å². The van der Waals surface area contributed by atoms with Crippen LogP contribution in [0.15, 0.2) is 54.9 Å². The summed E-state index contributed by atoms with van der Waals surface area (Å²) in [5.74, 6) is 0. The first-order valence-corrected chi connectivity index (χ1v) is 8.03. The molecule has 0 saturated carbocycles. The predicted octanol–water partition coefficient (Wildman–Crippen LogP) is 4.17. The molecule has 0 unspecified atom stereocenters. The van der Waals surface area contributed by atoms with E-state index in [4.69, 9.17) is 0 Å². The Labute approximate surface area is 129 Å². The fourth-order valence-corrected chi connectivity index (χ4v) is 3.19. The van der Waals surface area contributed by atoms with Crippen LogP contribution in [-0.4, -0.2) is 9.78 Å². The molecule has 0 fully saturated rings. The van der Waals surface area contributed by atoms with Crippen molar-refractivity contribution in [3.63, 3.8) is 0 Å². The summed E-state index contributed by atoms with van der Waals surface area (Å²) in [5, 5.41) is 7.82. The van der Waals surface area contributed by atoms with Crippen LogP contribution in [0.2, 0.25) is 0 Å². The van der Waals surface area contributed by atoms with Crippen molar-refractivity contribution >= 4 is 17.0 Å². The molecule has 2 aromatic heterocycles. The van der Waals surface area contributed by atoms with Crippen molar-refractivity contribution in [3.8, 4) is 0 Å². The number of hydrogen-bond acceptors (Lipinski definition) is 3. The maximum Gasteiger partial charge on any atom is 0.0679 e. The van der Waals surface area contributed by atoms with E-state index in [1.807, 2.05) is 34.5 Å². The van der Waals surface area contributed by atoms with Gasteiger partial charge in [-0.05, 0) is 36.2 Å². The van der Waals surface area contributed by atoms with Gasteiger partial charge in [-0.1, -0.05) is 25.1 Å². The molecule has 0 bridgehead atoms. The van der Waals surface area contributed by atoms with Gasteiger partial charge in [-0.15, -0.1) is 11.3 Å². The van der Waals surface area contributed by atoms with Gasteiger partial charge >= 0.3 is 0 Å². The quantitative estimate of drug-likeness (QED) is 0.740. The molecular weight excluding hydrogens is 278 g/mol. The fourth-order valence-electron chi connectivity index (χ4n) is 2.29. The lowest BCUT2D eigenvalue weighted by Crippen LogP contribution is -2.05. The second kappa shape index (κ2) is 6.59. The molecule has 1 N–H and O–H groups in total. The van der Waals surface area contributed by atoms with Crippen LogP contribution in [0.1, 0.15) is 22.2 Å². The smallest absolute Gasteiger partial charge is 0.0679 e. The number of nitrogens with zero attached hydrogens (tertiary/aromatic N) is 2. The number of nitrogens with one attached hydrogen (secondary N) is 1. The Kier molecular flexibility index (Phi) is 4.36. The number of anilines is 1. The summed E-state index contributed by atoms with van der Waals surface area (Å²) in [6.07, 6.45) is 4.91. The molecule has 3 nitrogen and oxygen atoms in total. The van der Waals surface area contributed by atoms with Crippen LogP contribution < -0.4 is 5.32 Å². The average molecular weight is 297 g/mol. The largest absolute Gasteiger partial charge is 0.380 e. The molecule has 3 aromatic rings. The Hall–Kier alpha value is -2.07. The minimum atomic E-state index is 0.792. The van der Waals surface area contributed by atoms with E-state index in [9.17, 15) is 0 Å². The summed E-state index contributed by atoms with van der Waals surface area (Å²) >= 11 is 1.88. The maximum atomic E-state index is 4.28. The van der Waals surface area contributed by atoms with E-state index in [0.29, 0.717) is 0 Å². The molecule has 4 heteroatoms. The second-order valence-corrected chi connectivity index (χ2v) is 6.19. The Bertz CT molecular complexity index is 686. The van der Waals surface area contributed by atoms with Gasteiger partial charge in [0.25, 0.3) is 0 Å². The average Bonchev–Trinajstić information content (AvgIpc) is 3.17. The van der Waals surface area contributed by atoms with Gasteiger partial charge in [0.1, 0.15) is 0 Å². The first-order chi connectivity index (χ1) is 10.3. The van der Waals surface area contributed by atoms with Crippen LogP contribution in [0.4, 0.5) is 5.69 Å². The van der Waals surface area contributed by atoms with Gasteiger partial charge in [-0.3, -0.25) is 4.68 Å². The number of hydrogen-bond donors (Lipinski definition) is 1. The standard InChI is InChI=1S/C17H19N3S/c1-2-15-8-9-16(21-15)12-18-17-7-4-3-6-14(17)13-20-11-5-10-19-20/h3-11,18H,2,12-13H2,1H3. The van der Waals surface area contributed by atoms with Gasteiger partial charge in [0.15, 0.2) is 0 Å². The minimum absolute atomic E-state index is 0.792. The van der Waals surface area contributed by atoms with Gasteiger partial charge in [-0.25, -0.2) is 0 Å². The molecule has 0 saturated heterocycles. The molecule has 108 valence electrons. The zero-order chi connectivity index (χ0) is 14.5. The van der Waals surface area contributed by atoms with Crippen molar-refractivity contribution in [1.29, 1.82) is 0 Å². The molecule has 1 aromatic carbocycles. The molecule has 0 radical (unpaired) electrons. The highest BCUT2D eigenvalue weighted by Crippen LogP contribution is 2.21. The summed E-state index contributed by atoms with van der Waals surface area (Å²) in [6.45, 7) is 3.87. The van der Waals surface area contributed by atoms with E-state index < -0.39 is 0 Å². The van der Waals surface area contributed by atoms with Crippen LogP contribution in [0.25, 0.3) is 0 Å². The first-order valence-electron chi connectivity index (χ1n) is 7.22. The normalized spacial score (nSPS) is 10.7. The van der Waals surface area contributed by atoms with E-state index in [1.165, 1.54) is 21.0 Å². The van der Waals surface area contributed by atoms with Gasteiger partial charge in [0.2, 0.25) is 0 Å². The van der Waals surface area contributed by atoms with Crippen LogP contribution in [-0.2, 0) is 19.5 Å². The van der Waals surface area contributed by atoms with Crippen LogP contribution in [0.5, 0.6) is 0 Å². The van der Waals surface area contributed by atoms with Crippen LogP contribution in [0, 0.1) is 0 Å². The highest BCUT2D eigenvalue weighted by atomic mass is 32.1. The van der Waals surface area contributed by atoms with Gasteiger partial charge < -0.3 is 5.32 Å². The molecule has 0 spiro atoms. The monoisotopic (exact) mass is 297 g/mol. The lowest BCUT2D eigenvalue weighted by atomic mass is 10.1. The van der Waals surface area contributed by atoms with Crippen molar-refractivity contribution < 1.29 is 0 Å². The molecule has 0 aliphatic heterocycles. The van der Waals surface area contributed by atoms with Gasteiger partial charge in [0.05, 0.1) is 6.54 Å². The number of rotatable bonds is 6. The van der Waals surface area contributed by atoms with Crippen molar-refractivity contribution in [2.45, 2.75) is 26.4 Å². The summed E-state index contributed by atoms with van der Waals surface area (Å²) < 4.78 is 1.95. The maximum absolute atomic E-state index is 4.28. The summed E-state index contributed by atoms with van der Waals surface area (Å²) in [7, 11) is 0. The zero-order valence-electron chi connectivity index (χ0n) is 12.1. The Morgan fingerprint density at radius 1 is 1.10 bits per heavy atom. The number of para-hydroxylation sites is 1. The molecule has 3 rings (SSSR count). The fraction of sp³-hybridized carbons (Fsp3) is 0.235. The topological polar surface area (TPSA) is 29.9 Å². The van der Waals surface area contributed by atoms with E-state index in [0.717, 1.165) is 19.5 Å². The minimum Gasteiger partial charge on any atom is -0.380 e. The van der Waals surface area contributed by atoms with Crippen molar-refractivity contribution in [2.75, 3.05) is 5.32 Å². The number of thiophene rings is 1. The third kappa shape index (κ3) is 3.52. The molecule has 21 heavy (non-hydrogen) atoms. The first kappa shape index (κ1) is 13.9. The van der Waals surface area contributed by atoms with Gasteiger partial charge in [-0.2, -0.15) is 5.10 Å². The van der Waals surface area contributed by atoms with E-state index in [-0.39, 0.29) is 0 Å². The van der Waals surface area contributed by atoms with E-state index in [1.54, 1.807) is 0 Å². The second-order valence-electron chi connectivity index (χ2n) is 4.94. The molecule has 0 aliphatic carbocycles.